The number of aromatic nitrogens is 2. The normalized spacial score (nSPS) is 18.2. The number of hydrogen-bond donors (Lipinski definition) is 2. The van der Waals surface area contributed by atoms with E-state index in [4.69, 9.17) is 5.73 Å². The quantitative estimate of drug-likeness (QED) is 0.888. The Morgan fingerprint density at radius 2 is 2.00 bits per heavy atom. The monoisotopic (exact) mass is 289 g/mol. The number of alkyl halides is 3. The largest absolute Gasteiger partial charge is 0.433 e. The molecule has 0 spiro atoms. The topological polar surface area (TPSA) is 67.1 Å². The van der Waals surface area contributed by atoms with Gasteiger partial charge in [0.1, 0.15) is 5.82 Å². The Morgan fingerprint density at radius 3 is 2.60 bits per heavy atom. The lowest BCUT2D eigenvalue weighted by Crippen LogP contribution is -2.33. The smallest absolute Gasteiger partial charge is 0.370 e. The molecule has 1 aliphatic rings. The maximum Gasteiger partial charge on any atom is 0.433 e. The summed E-state index contributed by atoms with van der Waals surface area (Å²) in [6.45, 7) is 2.61. The third kappa shape index (κ3) is 3.96. The van der Waals surface area contributed by atoms with Crippen LogP contribution in [-0.4, -0.2) is 41.5 Å². The minimum absolute atomic E-state index is 0.128. The van der Waals surface area contributed by atoms with Gasteiger partial charge in [0.15, 0.2) is 5.69 Å². The van der Waals surface area contributed by atoms with Gasteiger partial charge >= 0.3 is 6.18 Å². The van der Waals surface area contributed by atoms with E-state index < -0.39 is 11.9 Å². The Morgan fingerprint density at radius 1 is 1.35 bits per heavy atom. The molecule has 0 aliphatic carbocycles. The molecule has 2 heterocycles. The highest BCUT2D eigenvalue weighted by molar-refractivity contribution is 5.41. The van der Waals surface area contributed by atoms with E-state index in [1.54, 1.807) is 0 Å². The van der Waals surface area contributed by atoms with Crippen molar-refractivity contribution >= 4 is 11.8 Å². The minimum Gasteiger partial charge on any atom is -0.370 e. The Bertz CT molecular complexity index is 455. The molecule has 2 rings (SSSR count). The molecule has 1 saturated heterocycles. The summed E-state index contributed by atoms with van der Waals surface area (Å²) in [6, 6.07) is 0.894. The van der Waals surface area contributed by atoms with Gasteiger partial charge in [-0.2, -0.15) is 18.2 Å². The fraction of sp³-hybridized carbons (Fsp3) is 0.667. The molecule has 0 unspecified atom stereocenters. The number of nitrogens with two attached hydrogens (primary N) is 1. The van der Waals surface area contributed by atoms with Crippen LogP contribution in [0.5, 0.6) is 0 Å². The average molecular weight is 289 g/mol. The molecule has 1 aromatic rings. The molecule has 5 nitrogen and oxygen atoms in total. The van der Waals surface area contributed by atoms with Crippen LogP contribution >= 0.6 is 0 Å². The summed E-state index contributed by atoms with van der Waals surface area (Å²) in [5, 5.41) is 2.93. The molecule has 0 aromatic carbocycles. The summed E-state index contributed by atoms with van der Waals surface area (Å²) < 4.78 is 37.8. The molecule has 0 atom stereocenters. The Labute approximate surface area is 115 Å². The maximum absolute atomic E-state index is 12.6. The Kier molecular flexibility index (Phi) is 4.32. The van der Waals surface area contributed by atoms with Gasteiger partial charge < -0.3 is 16.0 Å². The van der Waals surface area contributed by atoms with E-state index in [1.165, 1.54) is 0 Å². The number of likely N-dealkylation sites (tertiary alicyclic amines) is 1. The van der Waals surface area contributed by atoms with Crippen molar-refractivity contribution in [3.63, 3.8) is 0 Å². The fourth-order valence-electron chi connectivity index (χ4n) is 2.22. The number of nitrogen functional groups attached to an aromatic ring is 1. The number of hydrogen-bond acceptors (Lipinski definition) is 5. The zero-order valence-electron chi connectivity index (χ0n) is 11.2. The van der Waals surface area contributed by atoms with Crippen molar-refractivity contribution in [2.45, 2.75) is 19.0 Å². The zero-order valence-corrected chi connectivity index (χ0v) is 11.2. The molecule has 1 fully saturated rings. The summed E-state index contributed by atoms with van der Waals surface area (Å²) in [4.78, 5) is 9.23. The van der Waals surface area contributed by atoms with E-state index in [-0.39, 0.29) is 11.8 Å². The second-order valence-corrected chi connectivity index (χ2v) is 5.12. The third-order valence-corrected chi connectivity index (χ3v) is 3.44. The van der Waals surface area contributed by atoms with Gasteiger partial charge in [-0.25, -0.2) is 4.98 Å². The van der Waals surface area contributed by atoms with Crippen LogP contribution in [0.4, 0.5) is 24.9 Å². The highest BCUT2D eigenvalue weighted by atomic mass is 19.4. The molecule has 1 aromatic heterocycles. The van der Waals surface area contributed by atoms with E-state index >= 15 is 0 Å². The van der Waals surface area contributed by atoms with Crippen LogP contribution in [0.1, 0.15) is 18.5 Å². The minimum atomic E-state index is -4.51. The van der Waals surface area contributed by atoms with Crippen molar-refractivity contribution in [3.8, 4) is 0 Å². The van der Waals surface area contributed by atoms with Crippen LogP contribution in [0.15, 0.2) is 6.07 Å². The van der Waals surface area contributed by atoms with Crippen molar-refractivity contribution in [1.29, 1.82) is 0 Å². The summed E-state index contributed by atoms with van der Waals surface area (Å²) in [7, 11) is 2.06. The molecule has 3 N–H and O–H groups in total. The lowest BCUT2D eigenvalue weighted by Gasteiger charge is -2.29. The Balaban J connectivity index is 1.97. The molecule has 20 heavy (non-hydrogen) atoms. The standard InChI is InChI=1S/C12H18F3N5/c1-20-4-2-8(3-5-20)7-17-10-6-9(12(13,14)15)18-11(16)19-10/h6,8H,2-5,7H2,1H3,(H3,16,17,18,19). The lowest BCUT2D eigenvalue weighted by atomic mass is 9.97. The number of nitrogens with zero attached hydrogens (tertiary/aromatic N) is 3. The Hall–Kier alpha value is -1.57. The number of nitrogens with one attached hydrogen (secondary N) is 1. The second kappa shape index (κ2) is 5.82. The zero-order chi connectivity index (χ0) is 14.8. The first-order valence-corrected chi connectivity index (χ1v) is 6.49. The molecular weight excluding hydrogens is 271 g/mol. The summed E-state index contributed by atoms with van der Waals surface area (Å²) in [5.41, 5.74) is 4.30. The van der Waals surface area contributed by atoms with Crippen molar-refractivity contribution in [3.05, 3.63) is 11.8 Å². The van der Waals surface area contributed by atoms with Crippen LogP contribution < -0.4 is 11.1 Å². The van der Waals surface area contributed by atoms with Gasteiger partial charge in [-0.15, -0.1) is 0 Å². The maximum atomic E-state index is 12.6. The summed E-state index contributed by atoms with van der Waals surface area (Å²) in [6.07, 6.45) is -2.46. The number of anilines is 2. The first-order valence-electron chi connectivity index (χ1n) is 6.49. The van der Waals surface area contributed by atoms with E-state index in [0.29, 0.717) is 12.5 Å². The van der Waals surface area contributed by atoms with Gasteiger partial charge in [-0.05, 0) is 38.9 Å². The van der Waals surface area contributed by atoms with Gasteiger partial charge in [-0.3, -0.25) is 0 Å². The molecule has 0 bridgehead atoms. The van der Waals surface area contributed by atoms with Crippen LogP contribution in [0.25, 0.3) is 0 Å². The predicted molar refractivity (Wildman–Crippen MR) is 70.2 cm³/mol. The molecule has 0 amide bonds. The second-order valence-electron chi connectivity index (χ2n) is 5.12. The van der Waals surface area contributed by atoms with Gasteiger partial charge in [0.05, 0.1) is 0 Å². The summed E-state index contributed by atoms with van der Waals surface area (Å²) >= 11 is 0. The summed E-state index contributed by atoms with van der Waals surface area (Å²) in [5.74, 6) is 0.200. The average Bonchev–Trinajstić information content (AvgIpc) is 2.36. The van der Waals surface area contributed by atoms with Gasteiger partial charge in [0, 0.05) is 12.6 Å². The van der Waals surface area contributed by atoms with E-state index in [2.05, 4.69) is 27.2 Å². The van der Waals surface area contributed by atoms with Crippen LogP contribution in [-0.2, 0) is 6.18 Å². The molecule has 0 saturated carbocycles. The van der Waals surface area contributed by atoms with Gasteiger partial charge in [0.25, 0.3) is 0 Å². The molecule has 8 heteroatoms. The number of rotatable bonds is 3. The van der Waals surface area contributed by atoms with Crippen molar-refractivity contribution in [1.82, 2.24) is 14.9 Å². The number of piperidine rings is 1. The highest BCUT2D eigenvalue weighted by Gasteiger charge is 2.33. The van der Waals surface area contributed by atoms with E-state index in [1.807, 2.05) is 0 Å². The first kappa shape index (κ1) is 14.8. The van der Waals surface area contributed by atoms with Crippen LogP contribution in [0.3, 0.4) is 0 Å². The first-order chi connectivity index (χ1) is 9.34. The SMILES string of the molecule is CN1CCC(CNc2cc(C(F)(F)F)nc(N)n2)CC1. The van der Waals surface area contributed by atoms with Crippen molar-refractivity contribution < 1.29 is 13.2 Å². The van der Waals surface area contributed by atoms with Gasteiger partial charge in [-0.1, -0.05) is 0 Å². The predicted octanol–water partition coefficient (Wildman–Crippen LogP) is 1.83. The number of halogens is 3. The van der Waals surface area contributed by atoms with Crippen molar-refractivity contribution in [2.24, 2.45) is 5.92 Å². The molecule has 1 aliphatic heterocycles. The third-order valence-electron chi connectivity index (χ3n) is 3.44. The fourth-order valence-corrected chi connectivity index (χ4v) is 2.22. The molecular formula is C12H18F3N5. The van der Waals surface area contributed by atoms with Gasteiger partial charge in [0.2, 0.25) is 5.95 Å². The highest BCUT2D eigenvalue weighted by Crippen LogP contribution is 2.29. The van der Waals surface area contributed by atoms with E-state index in [0.717, 1.165) is 32.0 Å². The molecule has 112 valence electrons. The molecule has 0 radical (unpaired) electrons. The lowest BCUT2D eigenvalue weighted by molar-refractivity contribution is -0.141. The van der Waals surface area contributed by atoms with E-state index in [9.17, 15) is 13.2 Å². The van der Waals surface area contributed by atoms with Crippen LogP contribution in [0, 0.1) is 5.92 Å². The van der Waals surface area contributed by atoms with Crippen molar-refractivity contribution in [2.75, 3.05) is 37.7 Å². The van der Waals surface area contributed by atoms with Crippen LogP contribution in [0.2, 0.25) is 0 Å².